The van der Waals surface area contributed by atoms with Crippen molar-refractivity contribution >= 4 is 22.6 Å². The van der Waals surface area contributed by atoms with Crippen LogP contribution in [0.1, 0.15) is 38.3 Å². The van der Waals surface area contributed by atoms with E-state index in [4.69, 9.17) is 10.5 Å². The van der Waals surface area contributed by atoms with Crippen molar-refractivity contribution in [1.29, 1.82) is 0 Å². The molecule has 0 fully saturated rings. The zero-order valence-electron chi connectivity index (χ0n) is 11.5. The third-order valence-electron chi connectivity index (χ3n) is 2.01. The highest BCUT2D eigenvalue weighted by atomic mass is 32.1. The van der Waals surface area contributed by atoms with Crippen LogP contribution in [0.5, 0.6) is 0 Å². The summed E-state index contributed by atoms with van der Waals surface area (Å²) in [5.74, 6) is 0. The van der Waals surface area contributed by atoms with Crippen molar-refractivity contribution in [3.63, 3.8) is 0 Å². The molecule has 1 rings (SSSR count). The number of amides is 1. The maximum atomic E-state index is 11.6. The van der Waals surface area contributed by atoms with E-state index in [0.29, 0.717) is 5.13 Å². The van der Waals surface area contributed by atoms with Gasteiger partial charge in [-0.3, -0.25) is 5.32 Å². The van der Waals surface area contributed by atoms with Crippen LogP contribution in [-0.2, 0) is 11.2 Å². The molecule has 1 aromatic heterocycles. The van der Waals surface area contributed by atoms with Crippen molar-refractivity contribution in [2.24, 2.45) is 5.73 Å². The molecule has 1 atom stereocenters. The van der Waals surface area contributed by atoms with Crippen molar-refractivity contribution in [1.82, 2.24) is 4.98 Å². The van der Waals surface area contributed by atoms with Crippen molar-refractivity contribution in [3.8, 4) is 0 Å². The van der Waals surface area contributed by atoms with Gasteiger partial charge in [0, 0.05) is 10.9 Å². The Bertz CT molecular complexity index is 421. The first-order chi connectivity index (χ1) is 8.17. The SMILES string of the molecule is Cc1nc(NC(=O)OC(C)(C)C)sc1C[C@H](C)N. The monoisotopic (exact) mass is 271 g/mol. The van der Waals surface area contributed by atoms with Gasteiger partial charge in [0.05, 0.1) is 5.69 Å². The van der Waals surface area contributed by atoms with Gasteiger partial charge >= 0.3 is 6.09 Å². The molecule has 1 amide bonds. The summed E-state index contributed by atoms with van der Waals surface area (Å²) in [5.41, 5.74) is 6.15. The number of aromatic nitrogens is 1. The van der Waals surface area contributed by atoms with Crippen LogP contribution in [0, 0.1) is 6.92 Å². The average Bonchev–Trinajstić information content (AvgIpc) is 2.41. The Morgan fingerprint density at radius 1 is 1.56 bits per heavy atom. The van der Waals surface area contributed by atoms with Crippen molar-refractivity contribution < 1.29 is 9.53 Å². The number of carbonyl (C=O) groups is 1. The summed E-state index contributed by atoms with van der Waals surface area (Å²) in [6.45, 7) is 9.32. The number of aryl methyl sites for hydroxylation is 1. The van der Waals surface area contributed by atoms with E-state index < -0.39 is 11.7 Å². The van der Waals surface area contributed by atoms with Crippen molar-refractivity contribution in [2.45, 2.75) is 52.7 Å². The number of anilines is 1. The van der Waals surface area contributed by atoms with Gasteiger partial charge in [-0.05, 0) is 41.0 Å². The second kappa shape index (κ2) is 5.67. The predicted molar refractivity (Wildman–Crippen MR) is 74.1 cm³/mol. The minimum Gasteiger partial charge on any atom is -0.444 e. The van der Waals surface area contributed by atoms with Crippen molar-refractivity contribution in [2.75, 3.05) is 5.32 Å². The van der Waals surface area contributed by atoms with Gasteiger partial charge in [-0.2, -0.15) is 0 Å². The van der Waals surface area contributed by atoms with Crippen LogP contribution in [-0.4, -0.2) is 22.7 Å². The highest BCUT2D eigenvalue weighted by molar-refractivity contribution is 7.15. The minimum atomic E-state index is -0.509. The predicted octanol–water partition coefficient (Wildman–Crippen LogP) is 2.69. The molecule has 0 aliphatic rings. The molecule has 0 radical (unpaired) electrons. The van der Waals surface area contributed by atoms with Crippen LogP contribution >= 0.6 is 11.3 Å². The summed E-state index contributed by atoms with van der Waals surface area (Å²) < 4.78 is 5.16. The molecule has 1 heterocycles. The Morgan fingerprint density at radius 2 is 2.17 bits per heavy atom. The molecule has 0 bridgehead atoms. The number of carbonyl (C=O) groups excluding carboxylic acids is 1. The largest absolute Gasteiger partial charge is 0.444 e. The summed E-state index contributed by atoms with van der Waals surface area (Å²) in [5, 5.41) is 3.19. The van der Waals surface area contributed by atoms with E-state index in [-0.39, 0.29) is 6.04 Å². The molecule has 102 valence electrons. The summed E-state index contributed by atoms with van der Waals surface area (Å²) in [4.78, 5) is 17.0. The van der Waals surface area contributed by atoms with E-state index >= 15 is 0 Å². The fourth-order valence-corrected chi connectivity index (χ4v) is 2.44. The molecule has 0 aromatic carbocycles. The van der Waals surface area contributed by atoms with Crippen LogP contribution in [0.15, 0.2) is 0 Å². The number of nitrogens with one attached hydrogen (secondary N) is 1. The van der Waals surface area contributed by atoms with Crippen LogP contribution in [0.3, 0.4) is 0 Å². The number of hydrogen-bond acceptors (Lipinski definition) is 5. The zero-order chi connectivity index (χ0) is 13.9. The number of rotatable bonds is 3. The fraction of sp³-hybridized carbons (Fsp3) is 0.667. The van der Waals surface area contributed by atoms with Gasteiger partial charge in [0.1, 0.15) is 5.60 Å². The van der Waals surface area contributed by atoms with Gasteiger partial charge in [-0.15, -0.1) is 11.3 Å². The van der Waals surface area contributed by atoms with E-state index in [2.05, 4.69) is 10.3 Å². The molecular weight excluding hydrogens is 250 g/mol. The highest BCUT2D eigenvalue weighted by Gasteiger charge is 2.18. The zero-order valence-corrected chi connectivity index (χ0v) is 12.4. The second-order valence-electron chi connectivity index (χ2n) is 5.34. The average molecular weight is 271 g/mol. The second-order valence-corrected chi connectivity index (χ2v) is 6.42. The van der Waals surface area contributed by atoms with Gasteiger partial charge in [-0.1, -0.05) is 0 Å². The Morgan fingerprint density at radius 3 is 2.67 bits per heavy atom. The Hall–Kier alpha value is -1.14. The quantitative estimate of drug-likeness (QED) is 0.886. The van der Waals surface area contributed by atoms with Gasteiger partial charge in [-0.25, -0.2) is 9.78 Å². The van der Waals surface area contributed by atoms with Gasteiger partial charge in [0.2, 0.25) is 0 Å². The summed E-state index contributed by atoms with van der Waals surface area (Å²) in [6.07, 6.45) is 0.281. The number of hydrogen-bond donors (Lipinski definition) is 2. The Balaban J connectivity index is 2.66. The van der Waals surface area contributed by atoms with E-state index in [9.17, 15) is 4.79 Å². The maximum Gasteiger partial charge on any atom is 0.413 e. The van der Waals surface area contributed by atoms with Crippen LogP contribution in [0.4, 0.5) is 9.93 Å². The Kier molecular flexibility index (Phi) is 4.70. The van der Waals surface area contributed by atoms with E-state index in [1.807, 2.05) is 34.6 Å². The standard InChI is InChI=1S/C12H21N3O2S/c1-7(13)6-9-8(2)14-10(18-9)15-11(16)17-12(3,4)5/h7H,6,13H2,1-5H3,(H,14,15,16)/t7-/m0/s1. The molecule has 5 nitrogen and oxygen atoms in total. The first-order valence-corrected chi connectivity index (χ1v) is 6.71. The number of ether oxygens (including phenoxy) is 1. The summed E-state index contributed by atoms with van der Waals surface area (Å²) in [7, 11) is 0. The molecule has 0 aliphatic carbocycles. The lowest BCUT2D eigenvalue weighted by atomic mass is 10.2. The molecule has 0 saturated heterocycles. The molecule has 6 heteroatoms. The van der Waals surface area contributed by atoms with Gasteiger partial charge in [0.25, 0.3) is 0 Å². The lowest BCUT2D eigenvalue weighted by molar-refractivity contribution is 0.0636. The molecule has 0 spiro atoms. The van der Waals surface area contributed by atoms with Gasteiger partial charge < -0.3 is 10.5 Å². The molecule has 1 aromatic rings. The molecule has 18 heavy (non-hydrogen) atoms. The number of thiazole rings is 1. The third kappa shape index (κ3) is 5.01. The van der Waals surface area contributed by atoms with Crippen LogP contribution < -0.4 is 11.1 Å². The van der Waals surface area contributed by atoms with E-state index in [1.165, 1.54) is 11.3 Å². The Labute approximate surface area is 112 Å². The lowest BCUT2D eigenvalue weighted by Gasteiger charge is -2.18. The lowest BCUT2D eigenvalue weighted by Crippen LogP contribution is -2.27. The summed E-state index contributed by atoms with van der Waals surface area (Å²) >= 11 is 1.44. The summed E-state index contributed by atoms with van der Waals surface area (Å²) in [6, 6.07) is 0.0820. The maximum absolute atomic E-state index is 11.6. The van der Waals surface area contributed by atoms with Crippen LogP contribution in [0.2, 0.25) is 0 Å². The van der Waals surface area contributed by atoms with E-state index in [0.717, 1.165) is 17.0 Å². The molecule has 0 unspecified atom stereocenters. The molecule has 0 saturated carbocycles. The third-order valence-corrected chi connectivity index (χ3v) is 3.10. The smallest absolute Gasteiger partial charge is 0.413 e. The first-order valence-electron chi connectivity index (χ1n) is 5.89. The van der Waals surface area contributed by atoms with Gasteiger partial charge in [0.15, 0.2) is 5.13 Å². The van der Waals surface area contributed by atoms with Crippen LogP contribution in [0.25, 0.3) is 0 Å². The first kappa shape index (κ1) is 14.9. The topological polar surface area (TPSA) is 77.2 Å². The minimum absolute atomic E-state index is 0.0820. The fourth-order valence-electron chi connectivity index (χ4n) is 1.35. The normalized spacial score (nSPS) is 13.2. The van der Waals surface area contributed by atoms with E-state index in [1.54, 1.807) is 0 Å². The molecular formula is C12H21N3O2S. The van der Waals surface area contributed by atoms with Crippen molar-refractivity contribution in [3.05, 3.63) is 10.6 Å². The number of nitrogens with two attached hydrogens (primary N) is 1. The number of nitrogens with zero attached hydrogens (tertiary/aromatic N) is 1. The molecule has 0 aliphatic heterocycles. The molecule has 3 N–H and O–H groups in total. The highest BCUT2D eigenvalue weighted by Crippen LogP contribution is 2.24.